The molecule has 0 saturated heterocycles. The van der Waals surface area contributed by atoms with E-state index in [9.17, 15) is 14.7 Å². The summed E-state index contributed by atoms with van der Waals surface area (Å²) in [5.74, 6) is -0.726. The number of carboxylic acids is 1. The molecule has 2 aromatic carbocycles. The van der Waals surface area contributed by atoms with Gasteiger partial charge < -0.3 is 25.0 Å². The largest absolute Gasteiger partial charge is 0.507 e. The average Bonchev–Trinajstić information content (AvgIpc) is 2.85. The fourth-order valence-electron chi connectivity index (χ4n) is 2.66. The van der Waals surface area contributed by atoms with E-state index in [0.717, 1.165) is 17.6 Å². The number of phenols is 1. The van der Waals surface area contributed by atoms with E-state index in [-0.39, 0.29) is 5.56 Å². The molecule has 0 radical (unpaired) electrons. The summed E-state index contributed by atoms with van der Waals surface area (Å²) in [6.45, 7) is 2.98. The van der Waals surface area contributed by atoms with E-state index in [2.05, 4.69) is 5.32 Å². The molecule has 3 N–H and O–H groups in total. The molecule has 1 aliphatic rings. The number of benzene rings is 2. The van der Waals surface area contributed by atoms with Crippen molar-refractivity contribution in [2.24, 2.45) is 0 Å². The van der Waals surface area contributed by atoms with Gasteiger partial charge in [-0.15, -0.1) is 0 Å². The summed E-state index contributed by atoms with van der Waals surface area (Å²) in [5.41, 5.74) is 1.60. The number of aromatic hydroxyl groups is 1. The Morgan fingerprint density at radius 2 is 1.81 bits per heavy atom. The maximum Gasteiger partial charge on any atom is 0.339 e. The lowest BCUT2D eigenvalue weighted by atomic mass is 10.1. The van der Waals surface area contributed by atoms with Gasteiger partial charge in [-0.2, -0.15) is 0 Å². The van der Waals surface area contributed by atoms with Crippen molar-refractivity contribution < 1.29 is 29.3 Å². The van der Waals surface area contributed by atoms with Crippen LogP contribution in [0.4, 0.5) is 5.69 Å². The van der Waals surface area contributed by atoms with Gasteiger partial charge in [-0.3, -0.25) is 4.79 Å². The minimum atomic E-state index is -1.24. The van der Waals surface area contributed by atoms with E-state index in [1.807, 2.05) is 18.2 Å². The van der Waals surface area contributed by atoms with E-state index >= 15 is 0 Å². The van der Waals surface area contributed by atoms with Gasteiger partial charge in [-0.1, -0.05) is 6.07 Å². The molecule has 1 heterocycles. The van der Waals surface area contributed by atoms with Gasteiger partial charge in [-0.25, -0.2) is 4.79 Å². The number of nitrogens with one attached hydrogen (secondary N) is 1. The second kappa shape index (κ2) is 7.82. The van der Waals surface area contributed by atoms with Crippen LogP contribution in [0.1, 0.15) is 29.3 Å². The summed E-state index contributed by atoms with van der Waals surface area (Å²) >= 11 is 0. The van der Waals surface area contributed by atoms with Crippen molar-refractivity contribution in [2.75, 3.05) is 18.5 Å². The summed E-state index contributed by atoms with van der Waals surface area (Å²) in [6.07, 6.45) is 2.23. The van der Waals surface area contributed by atoms with Gasteiger partial charge in [0.15, 0.2) is 11.5 Å². The van der Waals surface area contributed by atoms with E-state index in [1.165, 1.54) is 24.3 Å². The first-order valence-electron chi connectivity index (χ1n) is 8.39. The van der Waals surface area contributed by atoms with E-state index in [1.54, 1.807) is 6.92 Å². The molecule has 0 bridgehead atoms. The predicted octanol–water partition coefficient (Wildman–Crippen LogP) is 3.29. The van der Waals surface area contributed by atoms with Gasteiger partial charge in [0.2, 0.25) is 5.91 Å². The Labute approximate surface area is 155 Å². The van der Waals surface area contributed by atoms with Gasteiger partial charge in [0.05, 0.1) is 13.2 Å². The smallest absolute Gasteiger partial charge is 0.339 e. The number of anilines is 1. The first-order valence-corrected chi connectivity index (χ1v) is 8.39. The van der Waals surface area contributed by atoms with Gasteiger partial charge >= 0.3 is 5.97 Å². The molecule has 0 saturated carbocycles. The highest BCUT2D eigenvalue weighted by Crippen LogP contribution is 2.32. The third-order valence-electron chi connectivity index (χ3n) is 4.05. The van der Waals surface area contributed by atoms with Crippen LogP contribution in [-0.2, 0) is 4.79 Å². The normalized spacial score (nSPS) is 13.6. The van der Waals surface area contributed by atoms with Gasteiger partial charge in [-0.05, 0) is 42.3 Å². The Kier molecular flexibility index (Phi) is 5.30. The van der Waals surface area contributed by atoms with Crippen LogP contribution >= 0.6 is 0 Å². The molecular weight excluding hydrogens is 350 g/mol. The van der Waals surface area contributed by atoms with Crippen molar-refractivity contribution in [2.45, 2.75) is 13.3 Å². The van der Waals surface area contributed by atoms with Crippen LogP contribution < -0.4 is 14.8 Å². The minimum absolute atomic E-state index is 0.230. The zero-order valence-corrected chi connectivity index (χ0v) is 14.7. The number of allylic oxidation sites excluding steroid dienone is 1. The second-order valence-corrected chi connectivity index (χ2v) is 6.07. The van der Waals surface area contributed by atoms with Gasteiger partial charge in [0.25, 0.3) is 0 Å². The molecule has 7 nitrogen and oxygen atoms in total. The van der Waals surface area contributed by atoms with Crippen molar-refractivity contribution >= 4 is 23.1 Å². The standard InChI is InChI=1S/C20H19NO6/c1-12(13-3-6-17-18(10-13)27-8-2-7-26-17)9-19(23)21-14-4-5-15(20(24)25)16(22)11-14/h3-6,9-11,22H,2,7-8H2,1H3,(H,21,23)(H,24,25). The van der Waals surface area contributed by atoms with E-state index < -0.39 is 17.6 Å². The van der Waals surface area contributed by atoms with Gasteiger partial charge in [0, 0.05) is 24.3 Å². The van der Waals surface area contributed by atoms with Crippen LogP contribution in [0.15, 0.2) is 42.5 Å². The van der Waals surface area contributed by atoms with Crippen LogP contribution in [0.25, 0.3) is 5.57 Å². The van der Waals surface area contributed by atoms with E-state index in [0.29, 0.717) is 30.4 Å². The van der Waals surface area contributed by atoms with E-state index in [4.69, 9.17) is 14.6 Å². The lowest BCUT2D eigenvalue weighted by Gasteiger charge is -2.10. The van der Waals surface area contributed by atoms with Gasteiger partial charge in [0.1, 0.15) is 11.3 Å². The summed E-state index contributed by atoms with van der Waals surface area (Å²) in [6, 6.07) is 9.32. The Morgan fingerprint density at radius 1 is 1.07 bits per heavy atom. The molecule has 1 aliphatic heterocycles. The van der Waals surface area contributed by atoms with Crippen LogP contribution in [0.3, 0.4) is 0 Å². The third kappa shape index (κ3) is 4.38. The van der Waals surface area contributed by atoms with Crippen molar-refractivity contribution in [1.82, 2.24) is 0 Å². The molecule has 1 amide bonds. The lowest BCUT2D eigenvalue weighted by molar-refractivity contribution is -0.111. The number of rotatable bonds is 4. The first-order chi connectivity index (χ1) is 12.9. The lowest BCUT2D eigenvalue weighted by Crippen LogP contribution is -2.09. The SMILES string of the molecule is CC(=CC(=O)Nc1ccc(C(=O)O)c(O)c1)c1ccc2c(c1)OCCCO2. The molecular formula is C20H19NO6. The quantitative estimate of drug-likeness (QED) is 0.714. The Hall–Kier alpha value is -3.48. The fourth-order valence-corrected chi connectivity index (χ4v) is 2.66. The molecule has 0 atom stereocenters. The minimum Gasteiger partial charge on any atom is -0.507 e. The summed E-state index contributed by atoms with van der Waals surface area (Å²) in [5, 5.41) is 21.2. The maximum atomic E-state index is 12.2. The van der Waals surface area contributed by atoms with Crippen LogP contribution in [0.2, 0.25) is 0 Å². The molecule has 0 spiro atoms. The Morgan fingerprint density at radius 3 is 2.52 bits per heavy atom. The van der Waals surface area contributed by atoms with Crippen LogP contribution in [0.5, 0.6) is 17.2 Å². The van der Waals surface area contributed by atoms with Crippen LogP contribution in [0, 0.1) is 0 Å². The fraction of sp³-hybridized carbons (Fsp3) is 0.200. The number of hydrogen-bond acceptors (Lipinski definition) is 5. The highest BCUT2D eigenvalue weighted by atomic mass is 16.5. The average molecular weight is 369 g/mol. The van der Waals surface area contributed by atoms with Crippen molar-refractivity contribution in [3.63, 3.8) is 0 Å². The third-order valence-corrected chi connectivity index (χ3v) is 4.05. The molecule has 7 heteroatoms. The number of carboxylic acid groups (broad SMARTS) is 1. The summed E-state index contributed by atoms with van der Waals surface area (Å²) < 4.78 is 11.2. The molecule has 2 aromatic rings. The van der Waals surface area contributed by atoms with Crippen LogP contribution in [-0.4, -0.2) is 35.3 Å². The predicted molar refractivity (Wildman–Crippen MR) is 99.4 cm³/mol. The number of carbonyl (C=O) groups is 2. The number of amides is 1. The maximum absolute atomic E-state index is 12.2. The number of ether oxygens (including phenoxy) is 2. The monoisotopic (exact) mass is 369 g/mol. The summed E-state index contributed by atoms with van der Waals surface area (Å²) in [4.78, 5) is 23.1. The molecule has 0 unspecified atom stereocenters. The molecule has 0 aliphatic carbocycles. The highest BCUT2D eigenvalue weighted by molar-refractivity contribution is 6.04. The number of carbonyl (C=O) groups excluding carboxylic acids is 1. The zero-order valence-electron chi connectivity index (χ0n) is 14.7. The topological polar surface area (TPSA) is 105 Å². The second-order valence-electron chi connectivity index (χ2n) is 6.07. The number of aromatic carboxylic acids is 1. The molecule has 0 fully saturated rings. The summed E-state index contributed by atoms with van der Waals surface area (Å²) in [7, 11) is 0. The van der Waals surface area contributed by atoms with Crippen molar-refractivity contribution in [3.8, 4) is 17.2 Å². The molecule has 3 rings (SSSR count). The Bertz CT molecular complexity index is 919. The van der Waals surface area contributed by atoms with Crippen molar-refractivity contribution in [1.29, 1.82) is 0 Å². The number of fused-ring (bicyclic) bond motifs is 1. The Balaban J connectivity index is 1.74. The molecule has 0 aromatic heterocycles. The number of hydrogen-bond donors (Lipinski definition) is 3. The first kappa shape index (κ1) is 18.3. The molecule has 140 valence electrons. The molecule has 27 heavy (non-hydrogen) atoms. The zero-order chi connectivity index (χ0) is 19.4. The van der Waals surface area contributed by atoms with Crippen molar-refractivity contribution in [3.05, 3.63) is 53.6 Å². The highest BCUT2D eigenvalue weighted by Gasteiger charge is 2.13.